The summed E-state index contributed by atoms with van der Waals surface area (Å²) in [7, 11) is 1.90. The maximum atomic E-state index is 4.31. The van der Waals surface area contributed by atoms with E-state index < -0.39 is 0 Å². The quantitative estimate of drug-likeness (QED) is 0.826. The van der Waals surface area contributed by atoms with Crippen LogP contribution in [0.5, 0.6) is 0 Å². The smallest absolute Gasteiger partial charge is 0.0754 e. The van der Waals surface area contributed by atoms with Gasteiger partial charge in [0.15, 0.2) is 0 Å². The van der Waals surface area contributed by atoms with E-state index in [0.717, 1.165) is 23.5 Å². The Morgan fingerprint density at radius 1 is 1.47 bits per heavy atom. The first-order chi connectivity index (χ1) is 7.29. The fraction of sp³-hybridized carbons (Fsp3) is 0.273. The minimum atomic E-state index is 0.913. The van der Waals surface area contributed by atoms with Crippen LogP contribution in [0, 0.1) is 0 Å². The predicted molar refractivity (Wildman–Crippen MR) is 60.6 cm³/mol. The molecule has 0 atom stereocenters. The first-order valence-corrected chi connectivity index (χ1v) is 4.98. The Bertz CT molecular complexity index is 447. The van der Waals surface area contributed by atoms with Crippen LogP contribution in [0.25, 0.3) is 11.3 Å². The van der Waals surface area contributed by atoms with Crippen LogP contribution >= 0.6 is 0 Å². The molecular formula is C11H14N4. The number of pyridine rings is 1. The van der Waals surface area contributed by atoms with E-state index in [1.807, 2.05) is 31.6 Å². The summed E-state index contributed by atoms with van der Waals surface area (Å²) in [6.45, 7) is 2.99. The predicted octanol–water partition coefficient (Wildman–Crippen LogP) is 1.91. The molecule has 0 bridgehead atoms. The van der Waals surface area contributed by atoms with E-state index in [4.69, 9.17) is 0 Å². The molecule has 0 aromatic carbocycles. The number of rotatable bonds is 3. The van der Waals surface area contributed by atoms with Crippen molar-refractivity contribution in [3.05, 3.63) is 30.7 Å². The molecule has 2 aromatic heterocycles. The Morgan fingerprint density at radius 2 is 2.33 bits per heavy atom. The molecule has 2 heterocycles. The summed E-state index contributed by atoms with van der Waals surface area (Å²) in [4.78, 5) is 4.31. The zero-order valence-corrected chi connectivity index (χ0v) is 8.94. The fourth-order valence-corrected chi connectivity index (χ4v) is 1.46. The molecule has 0 saturated heterocycles. The van der Waals surface area contributed by atoms with Crippen molar-refractivity contribution in [3.63, 3.8) is 0 Å². The van der Waals surface area contributed by atoms with Crippen molar-refractivity contribution in [3.8, 4) is 11.3 Å². The van der Waals surface area contributed by atoms with Crippen molar-refractivity contribution in [1.29, 1.82) is 0 Å². The summed E-state index contributed by atoms with van der Waals surface area (Å²) in [5, 5.41) is 7.38. The first-order valence-electron chi connectivity index (χ1n) is 4.98. The molecule has 0 unspecified atom stereocenters. The molecule has 0 amide bonds. The van der Waals surface area contributed by atoms with Gasteiger partial charge in [-0.1, -0.05) is 0 Å². The molecule has 15 heavy (non-hydrogen) atoms. The van der Waals surface area contributed by atoms with Crippen molar-refractivity contribution >= 4 is 5.69 Å². The van der Waals surface area contributed by atoms with Crippen molar-refractivity contribution in [2.75, 3.05) is 11.9 Å². The molecule has 4 heteroatoms. The normalized spacial score (nSPS) is 10.3. The summed E-state index contributed by atoms with van der Waals surface area (Å²) in [5.74, 6) is 0. The Hall–Kier alpha value is -1.84. The number of nitrogens with one attached hydrogen (secondary N) is 1. The van der Waals surface area contributed by atoms with Crippen LogP contribution in [0.15, 0.2) is 30.7 Å². The molecule has 2 rings (SSSR count). The standard InChI is InChI=1S/C11H14N4/c1-3-12-10-4-5-13-11(6-10)9-7-14-15(2)8-9/h4-8H,3H2,1-2H3,(H,12,13). The van der Waals surface area contributed by atoms with Gasteiger partial charge in [0.2, 0.25) is 0 Å². The molecule has 78 valence electrons. The second-order valence-corrected chi connectivity index (χ2v) is 3.36. The minimum Gasteiger partial charge on any atom is -0.385 e. The Morgan fingerprint density at radius 3 is 3.00 bits per heavy atom. The molecule has 0 aliphatic rings. The lowest BCUT2D eigenvalue weighted by molar-refractivity contribution is 0.768. The maximum absolute atomic E-state index is 4.31. The molecule has 2 aromatic rings. The number of aryl methyl sites for hydroxylation is 1. The molecular weight excluding hydrogens is 188 g/mol. The molecule has 1 N–H and O–H groups in total. The molecule has 0 aliphatic carbocycles. The van der Waals surface area contributed by atoms with Crippen LogP contribution < -0.4 is 5.32 Å². The van der Waals surface area contributed by atoms with Gasteiger partial charge in [-0.15, -0.1) is 0 Å². The summed E-state index contributed by atoms with van der Waals surface area (Å²) in [6, 6.07) is 3.99. The van der Waals surface area contributed by atoms with Crippen LogP contribution in [0.1, 0.15) is 6.92 Å². The number of nitrogens with zero attached hydrogens (tertiary/aromatic N) is 3. The van der Waals surface area contributed by atoms with Crippen LogP contribution in [0.2, 0.25) is 0 Å². The Labute approximate surface area is 89.0 Å². The van der Waals surface area contributed by atoms with Crippen molar-refractivity contribution in [2.45, 2.75) is 6.92 Å². The highest BCUT2D eigenvalue weighted by Gasteiger charge is 2.02. The van der Waals surface area contributed by atoms with Gasteiger partial charge in [0, 0.05) is 37.2 Å². The molecule has 0 fully saturated rings. The van der Waals surface area contributed by atoms with E-state index in [-0.39, 0.29) is 0 Å². The lowest BCUT2D eigenvalue weighted by atomic mass is 10.2. The summed E-state index contributed by atoms with van der Waals surface area (Å²) in [5.41, 5.74) is 3.07. The second kappa shape index (κ2) is 4.13. The van der Waals surface area contributed by atoms with E-state index in [9.17, 15) is 0 Å². The molecule has 0 saturated carbocycles. The topological polar surface area (TPSA) is 42.7 Å². The zero-order valence-electron chi connectivity index (χ0n) is 8.94. The summed E-state index contributed by atoms with van der Waals surface area (Å²) in [6.07, 6.45) is 5.58. The van der Waals surface area contributed by atoms with E-state index in [2.05, 4.69) is 22.3 Å². The Balaban J connectivity index is 2.32. The van der Waals surface area contributed by atoms with Gasteiger partial charge in [-0.05, 0) is 19.1 Å². The lowest BCUT2D eigenvalue weighted by Crippen LogP contribution is -1.96. The van der Waals surface area contributed by atoms with Crippen molar-refractivity contribution in [2.24, 2.45) is 7.05 Å². The Kier molecular flexibility index (Phi) is 2.67. The largest absolute Gasteiger partial charge is 0.385 e. The highest BCUT2D eigenvalue weighted by molar-refractivity contribution is 5.62. The first kappa shape index (κ1) is 9.71. The second-order valence-electron chi connectivity index (χ2n) is 3.36. The van der Waals surface area contributed by atoms with Crippen LogP contribution in [0.4, 0.5) is 5.69 Å². The highest BCUT2D eigenvalue weighted by Crippen LogP contribution is 2.18. The van der Waals surface area contributed by atoms with Crippen LogP contribution in [-0.4, -0.2) is 21.3 Å². The van der Waals surface area contributed by atoms with Crippen molar-refractivity contribution in [1.82, 2.24) is 14.8 Å². The molecule has 0 spiro atoms. The van der Waals surface area contributed by atoms with Gasteiger partial charge in [0.05, 0.1) is 11.9 Å². The number of hydrogen-bond acceptors (Lipinski definition) is 3. The van der Waals surface area contributed by atoms with Gasteiger partial charge in [0.1, 0.15) is 0 Å². The van der Waals surface area contributed by atoms with E-state index in [1.54, 1.807) is 10.9 Å². The lowest BCUT2D eigenvalue weighted by Gasteiger charge is -2.03. The van der Waals surface area contributed by atoms with Gasteiger partial charge >= 0.3 is 0 Å². The third kappa shape index (κ3) is 2.15. The highest BCUT2D eigenvalue weighted by atomic mass is 15.2. The third-order valence-corrected chi connectivity index (χ3v) is 2.14. The zero-order chi connectivity index (χ0) is 10.7. The summed E-state index contributed by atoms with van der Waals surface area (Å²) < 4.78 is 1.77. The number of anilines is 1. The van der Waals surface area contributed by atoms with Gasteiger partial charge in [-0.25, -0.2) is 0 Å². The van der Waals surface area contributed by atoms with E-state index in [0.29, 0.717) is 0 Å². The van der Waals surface area contributed by atoms with Crippen molar-refractivity contribution < 1.29 is 0 Å². The third-order valence-electron chi connectivity index (χ3n) is 2.14. The number of hydrogen-bond donors (Lipinski definition) is 1. The van der Waals surface area contributed by atoms with Gasteiger partial charge in [-0.2, -0.15) is 5.10 Å². The average molecular weight is 202 g/mol. The van der Waals surface area contributed by atoms with E-state index >= 15 is 0 Å². The van der Waals surface area contributed by atoms with Gasteiger partial charge in [-0.3, -0.25) is 9.67 Å². The number of aromatic nitrogens is 3. The molecule has 0 aliphatic heterocycles. The summed E-state index contributed by atoms with van der Waals surface area (Å²) >= 11 is 0. The van der Waals surface area contributed by atoms with Crippen LogP contribution in [0.3, 0.4) is 0 Å². The van der Waals surface area contributed by atoms with E-state index in [1.165, 1.54) is 0 Å². The monoisotopic (exact) mass is 202 g/mol. The SMILES string of the molecule is CCNc1ccnc(-c2cnn(C)c2)c1. The van der Waals surface area contributed by atoms with Gasteiger partial charge in [0.25, 0.3) is 0 Å². The molecule has 4 nitrogen and oxygen atoms in total. The van der Waals surface area contributed by atoms with Gasteiger partial charge < -0.3 is 5.32 Å². The minimum absolute atomic E-state index is 0.913. The van der Waals surface area contributed by atoms with Crippen LogP contribution in [-0.2, 0) is 7.05 Å². The molecule has 0 radical (unpaired) electrons. The maximum Gasteiger partial charge on any atom is 0.0754 e. The average Bonchev–Trinajstić information content (AvgIpc) is 2.66. The fourth-order valence-electron chi connectivity index (χ4n) is 1.46.